The van der Waals surface area contributed by atoms with Gasteiger partial charge in [0.1, 0.15) is 0 Å². The highest BCUT2D eigenvalue weighted by molar-refractivity contribution is 5.01. The highest BCUT2D eigenvalue weighted by Gasteiger charge is 2.16. The lowest BCUT2D eigenvalue weighted by Crippen LogP contribution is -2.09. The van der Waals surface area contributed by atoms with Crippen molar-refractivity contribution in [2.24, 2.45) is 11.8 Å². The molecule has 1 atom stereocenters. The normalized spacial score (nSPS) is 20.7. The van der Waals surface area contributed by atoms with Gasteiger partial charge in [-0.2, -0.15) is 0 Å². The molecule has 0 aromatic heterocycles. The summed E-state index contributed by atoms with van der Waals surface area (Å²) in [4.78, 5) is 0. The molecular weight excluding hydrogens is 168 g/mol. The second-order valence-electron chi connectivity index (χ2n) is 5.05. The lowest BCUT2D eigenvalue weighted by Gasteiger charge is -2.24. The second kappa shape index (κ2) is 6.27. The van der Waals surface area contributed by atoms with Crippen LogP contribution in [0, 0.1) is 11.8 Å². The molecule has 0 nitrogen and oxygen atoms in total. The van der Waals surface area contributed by atoms with E-state index in [1.165, 1.54) is 51.4 Å². The number of rotatable bonds is 5. The Morgan fingerprint density at radius 3 is 2.50 bits per heavy atom. The molecule has 1 unspecified atom stereocenters. The summed E-state index contributed by atoms with van der Waals surface area (Å²) in [6, 6.07) is 0. The molecule has 0 aromatic carbocycles. The minimum absolute atomic E-state index is 0.868. The molecule has 0 saturated heterocycles. The summed E-state index contributed by atoms with van der Waals surface area (Å²) >= 11 is 0. The van der Waals surface area contributed by atoms with Crippen LogP contribution in [0.3, 0.4) is 0 Å². The third-order valence-corrected chi connectivity index (χ3v) is 3.84. The Hall–Kier alpha value is -0.260. The van der Waals surface area contributed by atoms with Gasteiger partial charge in [0.05, 0.1) is 0 Å². The maximum absolute atomic E-state index is 4.28. The molecule has 0 N–H and O–H groups in total. The van der Waals surface area contributed by atoms with E-state index in [0.717, 1.165) is 11.8 Å². The van der Waals surface area contributed by atoms with Gasteiger partial charge in [0.2, 0.25) is 0 Å². The van der Waals surface area contributed by atoms with Gasteiger partial charge in [0.15, 0.2) is 0 Å². The van der Waals surface area contributed by atoms with Gasteiger partial charge >= 0.3 is 0 Å². The van der Waals surface area contributed by atoms with E-state index in [1.54, 1.807) is 5.57 Å². The van der Waals surface area contributed by atoms with Crippen LogP contribution >= 0.6 is 0 Å². The van der Waals surface area contributed by atoms with Crippen LogP contribution in [0.2, 0.25) is 0 Å². The number of allylic oxidation sites excluding steroid dienone is 1. The van der Waals surface area contributed by atoms with Crippen LogP contribution in [0.25, 0.3) is 0 Å². The minimum atomic E-state index is 0.868. The predicted octanol–water partition coefficient (Wildman–Crippen LogP) is 4.95. The Morgan fingerprint density at radius 2 is 1.93 bits per heavy atom. The van der Waals surface area contributed by atoms with E-state index in [2.05, 4.69) is 20.4 Å². The van der Waals surface area contributed by atoms with Gasteiger partial charge in [-0.05, 0) is 37.5 Å². The van der Waals surface area contributed by atoms with E-state index in [1.807, 2.05) is 0 Å². The van der Waals surface area contributed by atoms with Crippen LogP contribution in [0.5, 0.6) is 0 Å². The molecule has 0 aliphatic heterocycles. The van der Waals surface area contributed by atoms with Crippen molar-refractivity contribution in [1.82, 2.24) is 0 Å². The van der Waals surface area contributed by atoms with E-state index in [4.69, 9.17) is 0 Å². The maximum Gasteiger partial charge on any atom is -0.0206 e. The molecular formula is C14H26. The zero-order valence-electron chi connectivity index (χ0n) is 10.0. The first-order chi connectivity index (χ1) is 6.74. The van der Waals surface area contributed by atoms with Crippen molar-refractivity contribution in [3.05, 3.63) is 12.2 Å². The number of hydrogen-bond acceptors (Lipinski definition) is 0. The lowest BCUT2D eigenvalue weighted by atomic mass is 9.82. The van der Waals surface area contributed by atoms with E-state index >= 15 is 0 Å². The van der Waals surface area contributed by atoms with Gasteiger partial charge in [-0.15, -0.1) is 0 Å². The van der Waals surface area contributed by atoms with Crippen molar-refractivity contribution in [2.75, 3.05) is 0 Å². The fraction of sp³-hybridized carbons (Fsp3) is 0.857. The summed E-state index contributed by atoms with van der Waals surface area (Å²) < 4.78 is 0. The molecule has 1 aliphatic rings. The van der Waals surface area contributed by atoms with Gasteiger partial charge in [-0.1, -0.05) is 51.7 Å². The van der Waals surface area contributed by atoms with Gasteiger partial charge in [0, 0.05) is 0 Å². The smallest absolute Gasteiger partial charge is 0.0206 e. The summed E-state index contributed by atoms with van der Waals surface area (Å²) in [7, 11) is 0. The molecule has 1 aliphatic carbocycles. The van der Waals surface area contributed by atoms with Crippen LogP contribution < -0.4 is 0 Å². The van der Waals surface area contributed by atoms with Crippen molar-refractivity contribution in [2.45, 2.75) is 65.2 Å². The molecule has 1 fully saturated rings. The van der Waals surface area contributed by atoms with Gasteiger partial charge in [-0.3, -0.25) is 0 Å². The topological polar surface area (TPSA) is 0 Å². The van der Waals surface area contributed by atoms with Crippen molar-refractivity contribution in [1.29, 1.82) is 0 Å². The fourth-order valence-corrected chi connectivity index (χ4v) is 2.35. The van der Waals surface area contributed by atoms with Crippen LogP contribution in [-0.2, 0) is 0 Å². The van der Waals surface area contributed by atoms with E-state index in [-0.39, 0.29) is 0 Å². The highest BCUT2D eigenvalue weighted by Crippen LogP contribution is 2.31. The molecule has 0 aromatic rings. The quantitative estimate of drug-likeness (QED) is 0.543. The summed E-state index contributed by atoms with van der Waals surface area (Å²) in [6.45, 7) is 8.93. The Balaban J connectivity index is 2.19. The molecule has 0 amide bonds. The molecule has 82 valence electrons. The molecule has 1 rings (SSSR count). The summed E-state index contributed by atoms with van der Waals surface area (Å²) in [5.41, 5.74) is 1.55. The zero-order valence-corrected chi connectivity index (χ0v) is 10.0. The Labute approximate surface area is 89.8 Å². The minimum Gasteiger partial charge on any atom is -0.0996 e. The van der Waals surface area contributed by atoms with Crippen molar-refractivity contribution in [3.8, 4) is 0 Å². The van der Waals surface area contributed by atoms with Crippen molar-refractivity contribution >= 4 is 0 Å². The van der Waals surface area contributed by atoms with Gasteiger partial charge in [0.25, 0.3) is 0 Å². The summed E-state index contributed by atoms with van der Waals surface area (Å²) in [6.07, 6.45) is 11.1. The first kappa shape index (κ1) is 11.8. The SMILES string of the molecule is C=C(CCC(C)CC)C1CCCCC1. The summed E-state index contributed by atoms with van der Waals surface area (Å²) in [5, 5.41) is 0. The first-order valence-electron chi connectivity index (χ1n) is 6.41. The zero-order chi connectivity index (χ0) is 10.4. The maximum atomic E-state index is 4.28. The molecule has 1 saturated carbocycles. The third kappa shape index (κ3) is 3.86. The third-order valence-electron chi connectivity index (χ3n) is 3.84. The second-order valence-corrected chi connectivity index (χ2v) is 5.05. The van der Waals surface area contributed by atoms with Crippen LogP contribution in [0.1, 0.15) is 65.2 Å². The van der Waals surface area contributed by atoms with Crippen LogP contribution in [0.4, 0.5) is 0 Å². The fourth-order valence-electron chi connectivity index (χ4n) is 2.35. The Morgan fingerprint density at radius 1 is 1.29 bits per heavy atom. The average molecular weight is 194 g/mol. The highest BCUT2D eigenvalue weighted by atomic mass is 14.2. The van der Waals surface area contributed by atoms with E-state index < -0.39 is 0 Å². The van der Waals surface area contributed by atoms with Crippen LogP contribution in [-0.4, -0.2) is 0 Å². The lowest BCUT2D eigenvalue weighted by molar-refractivity contribution is 0.386. The average Bonchev–Trinajstić information content (AvgIpc) is 2.26. The Bertz CT molecular complexity index is 163. The van der Waals surface area contributed by atoms with Crippen LogP contribution in [0.15, 0.2) is 12.2 Å². The molecule has 0 heterocycles. The summed E-state index contributed by atoms with van der Waals surface area (Å²) in [5.74, 6) is 1.75. The molecule has 0 bridgehead atoms. The Kier molecular flexibility index (Phi) is 5.29. The van der Waals surface area contributed by atoms with Gasteiger partial charge < -0.3 is 0 Å². The largest absolute Gasteiger partial charge is 0.0996 e. The van der Waals surface area contributed by atoms with E-state index in [9.17, 15) is 0 Å². The van der Waals surface area contributed by atoms with E-state index in [0.29, 0.717) is 0 Å². The molecule has 14 heavy (non-hydrogen) atoms. The standard InChI is InChI=1S/C14H26/c1-4-12(2)10-11-13(3)14-8-6-5-7-9-14/h12,14H,3-11H2,1-2H3. The monoisotopic (exact) mass is 194 g/mol. The first-order valence-corrected chi connectivity index (χ1v) is 6.41. The molecule has 0 radical (unpaired) electrons. The number of hydrogen-bond donors (Lipinski definition) is 0. The molecule has 0 spiro atoms. The van der Waals surface area contributed by atoms with Crippen molar-refractivity contribution in [3.63, 3.8) is 0 Å². The molecule has 0 heteroatoms. The van der Waals surface area contributed by atoms with Crippen molar-refractivity contribution < 1.29 is 0 Å². The van der Waals surface area contributed by atoms with Gasteiger partial charge in [-0.25, -0.2) is 0 Å². The predicted molar refractivity (Wildman–Crippen MR) is 64.4 cm³/mol.